The Bertz CT molecular complexity index is 471. The lowest BCUT2D eigenvalue weighted by molar-refractivity contribution is -0.388. The number of nitro groups is 1. The Morgan fingerprint density at radius 1 is 1.35 bits per heavy atom. The van der Waals surface area contributed by atoms with Crippen molar-refractivity contribution in [1.82, 2.24) is 0 Å². The third-order valence-electron chi connectivity index (χ3n) is 1.63. The standard InChI is InChI=1S/C8H3F4NO4/c9-5-2-7(17-8(10,11)12)6(13(15)16)1-4(5)3-14/h1-3H. The number of benzene rings is 1. The van der Waals surface area contributed by atoms with Gasteiger partial charge in [-0.05, 0) is 0 Å². The minimum Gasteiger partial charge on any atom is -0.398 e. The fourth-order valence-corrected chi connectivity index (χ4v) is 0.999. The van der Waals surface area contributed by atoms with Crippen molar-refractivity contribution in [2.75, 3.05) is 0 Å². The summed E-state index contributed by atoms with van der Waals surface area (Å²) in [6.07, 6.45) is -5.25. The van der Waals surface area contributed by atoms with Crippen molar-refractivity contribution >= 4 is 12.0 Å². The molecular weight excluding hydrogens is 250 g/mol. The number of hydrogen-bond donors (Lipinski definition) is 0. The Morgan fingerprint density at radius 3 is 2.35 bits per heavy atom. The minimum absolute atomic E-state index is 0.0559. The summed E-state index contributed by atoms with van der Waals surface area (Å²) in [4.78, 5) is 19.5. The van der Waals surface area contributed by atoms with Gasteiger partial charge in [0.1, 0.15) is 5.82 Å². The quantitative estimate of drug-likeness (QED) is 0.359. The van der Waals surface area contributed by atoms with E-state index in [1.54, 1.807) is 0 Å². The fourth-order valence-electron chi connectivity index (χ4n) is 0.999. The molecule has 0 amide bonds. The molecule has 0 aliphatic heterocycles. The van der Waals surface area contributed by atoms with Gasteiger partial charge >= 0.3 is 12.0 Å². The first-order valence-corrected chi connectivity index (χ1v) is 3.93. The molecule has 0 saturated heterocycles. The van der Waals surface area contributed by atoms with Crippen LogP contribution < -0.4 is 4.74 Å². The van der Waals surface area contributed by atoms with E-state index in [1.165, 1.54) is 0 Å². The molecule has 0 aliphatic carbocycles. The molecule has 17 heavy (non-hydrogen) atoms. The normalized spacial score (nSPS) is 11.1. The van der Waals surface area contributed by atoms with Gasteiger partial charge in [-0.3, -0.25) is 14.9 Å². The van der Waals surface area contributed by atoms with Crippen molar-refractivity contribution < 1.29 is 32.0 Å². The average Bonchev–Trinajstić information content (AvgIpc) is 2.14. The second-order valence-corrected chi connectivity index (χ2v) is 2.76. The van der Waals surface area contributed by atoms with Crippen molar-refractivity contribution in [3.8, 4) is 5.75 Å². The Morgan fingerprint density at radius 2 is 1.94 bits per heavy atom. The minimum atomic E-state index is -5.19. The lowest BCUT2D eigenvalue weighted by Crippen LogP contribution is -2.18. The van der Waals surface area contributed by atoms with Gasteiger partial charge in [-0.25, -0.2) is 4.39 Å². The van der Waals surface area contributed by atoms with Crippen LogP contribution in [-0.2, 0) is 0 Å². The first-order valence-electron chi connectivity index (χ1n) is 3.93. The number of ether oxygens (including phenoxy) is 1. The molecule has 92 valence electrons. The van der Waals surface area contributed by atoms with E-state index in [0.717, 1.165) is 0 Å². The van der Waals surface area contributed by atoms with Crippen LogP contribution in [0.1, 0.15) is 10.4 Å². The van der Waals surface area contributed by atoms with Gasteiger partial charge in [0.25, 0.3) is 0 Å². The highest BCUT2D eigenvalue weighted by Gasteiger charge is 2.35. The molecule has 1 aromatic carbocycles. The van der Waals surface area contributed by atoms with Crippen LogP contribution >= 0.6 is 0 Å². The highest BCUT2D eigenvalue weighted by Crippen LogP contribution is 2.33. The molecule has 0 spiro atoms. The van der Waals surface area contributed by atoms with E-state index in [1.807, 2.05) is 0 Å². The summed E-state index contributed by atoms with van der Waals surface area (Å²) in [6.45, 7) is 0. The van der Waals surface area contributed by atoms with Gasteiger partial charge in [0.15, 0.2) is 6.29 Å². The summed E-state index contributed by atoms with van der Waals surface area (Å²) in [5.41, 5.74) is -1.88. The van der Waals surface area contributed by atoms with Crippen molar-refractivity contribution in [3.05, 3.63) is 33.6 Å². The van der Waals surface area contributed by atoms with Crippen LogP contribution in [0, 0.1) is 15.9 Å². The molecule has 5 nitrogen and oxygen atoms in total. The van der Waals surface area contributed by atoms with Crippen molar-refractivity contribution in [2.24, 2.45) is 0 Å². The molecule has 0 N–H and O–H groups in total. The number of nitro benzene ring substituents is 1. The predicted octanol–water partition coefficient (Wildman–Crippen LogP) is 2.45. The second kappa shape index (κ2) is 4.36. The Hall–Kier alpha value is -2.19. The zero-order chi connectivity index (χ0) is 13.2. The summed E-state index contributed by atoms with van der Waals surface area (Å²) >= 11 is 0. The molecule has 0 atom stereocenters. The van der Waals surface area contributed by atoms with Crippen LogP contribution in [0.25, 0.3) is 0 Å². The maximum absolute atomic E-state index is 13.0. The van der Waals surface area contributed by atoms with Gasteiger partial charge in [0.2, 0.25) is 5.75 Å². The molecule has 0 unspecified atom stereocenters. The van der Waals surface area contributed by atoms with E-state index in [4.69, 9.17) is 0 Å². The third-order valence-corrected chi connectivity index (χ3v) is 1.63. The van der Waals surface area contributed by atoms with Crippen LogP contribution in [0.4, 0.5) is 23.2 Å². The Labute approximate surface area is 90.8 Å². The molecule has 0 saturated carbocycles. The largest absolute Gasteiger partial charge is 0.573 e. The molecule has 0 bridgehead atoms. The fraction of sp³-hybridized carbons (Fsp3) is 0.125. The number of aldehydes is 1. The number of carbonyl (C=O) groups is 1. The molecule has 0 radical (unpaired) electrons. The summed E-state index contributed by atoms with van der Waals surface area (Å²) in [5, 5.41) is 10.4. The highest BCUT2D eigenvalue weighted by atomic mass is 19.4. The maximum Gasteiger partial charge on any atom is 0.573 e. The number of halogens is 4. The maximum atomic E-state index is 13.0. The third kappa shape index (κ3) is 3.13. The molecule has 1 rings (SSSR count). The van der Waals surface area contributed by atoms with Crippen LogP contribution in [0.5, 0.6) is 5.75 Å². The van der Waals surface area contributed by atoms with E-state index in [0.29, 0.717) is 6.07 Å². The summed E-state index contributed by atoms with van der Waals surface area (Å²) < 4.78 is 51.8. The van der Waals surface area contributed by atoms with Gasteiger partial charge in [-0.2, -0.15) is 0 Å². The Kier molecular flexibility index (Phi) is 3.30. The van der Waals surface area contributed by atoms with Crippen LogP contribution in [-0.4, -0.2) is 17.6 Å². The van der Waals surface area contributed by atoms with E-state index >= 15 is 0 Å². The molecule has 0 heterocycles. The molecule has 0 fully saturated rings. The van der Waals surface area contributed by atoms with Gasteiger partial charge in [0.05, 0.1) is 10.5 Å². The van der Waals surface area contributed by atoms with E-state index in [2.05, 4.69) is 4.74 Å². The predicted molar refractivity (Wildman–Crippen MR) is 45.1 cm³/mol. The average molecular weight is 253 g/mol. The monoisotopic (exact) mass is 253 g/mol. The SMILES string of the molecule is O=Cc1cc([N+](=O)[O-])c(OC(F)(F)F)cc1F. The zero-order valence-corrected chi connectivity index (χ0v) is 7.82. The smallest absolute Gasteiger partial charge is 0.398 e. The lowest BCUT2D eigenvalue weighted by Gasteiger charge is -2.09. The number of nitrogens with zero attached hydrogens (tertiary/aromatic N) is 1. The van der Waals surface area contributed by atoms with Gasteiger partial charge in [0, 0.05) is 12.1 Å². The van der Waals surface area contributed by atoms with Gasteiger partial charge in [-0.1, -0.05) is 0 Å². The van der Waals surface area contributed by atoms with Crippen LogP contribution in [0.2, 0.25) is 0 Å². The van der Waals surface area contributed by atoms with E-state index in [9.17, 15) is 32.5 Å². The zero-order valence-electron chi connectivity index (χ0n) is 7.82. The Balaban J connectivity index is 3.33. The van der Waals surface area contributed by atoms with Gasteiger partial charge in [-0.15, -0.1) is 13.2 Å². The first-order chi connectivity index (χ1) is 7.74. The second-order valence-electron chi connectivity index (χ2n) is 2.76. The lowest BCUT2D eigenvalue weighted by atomic mass is 10.2. The topological polar surface area (TPSA) is 69.4 Å². The van der Waals surface area contributed by atoms with E-state index in [-0.39, 0.29) is 12.4 Å². The van der Waals surface area contributed by atoms with Crippen molar-refractivity contribution in [2.45, 2.75) is 6.36 Å². The highest BCUT2D eigenvalue weighted by molar-refractivity contribution is 5.77. The molecule has 0 aromatic heterocycles. The van der Waals surface area contributed by atoms with Crippen LogP contribution in [0.15, 0.2) is 12.1 Å². The molecule has 9 heteroatoms. The van der Waals surface area contributed by atoms with E-state index < -0.39 is 34.1 Å². The van der Waals surface area contributed by atoms with Crippen molar-refractivity contribution in [1.29, 1.82) is 0 Å². The molecule has 0 aliphatic rings. The van der Waals surface area contributed by atoms with Crippen LogP contribution in [0.3, 0.4) is 0 Å². The molecular formula is C8H3F4NO4. The first kappa shape index (κ1) is 12.9. The molecule has 1 aromatic rings. The summed E-state index contributed by atoms with van der Waals surface area (Å²) in [5.74, 6) is -2.66. The van der Waals surface area contributed by atoms with Gasteiger partial charge < -0.3 is 4.74 Å². The number of carbonyl (C=O) groups excluding carboxylic acids is 1. The van der Waals surface area contributed by atoms with Crippen molar-refractivity contribution in [3.63, 3.8) is 0 Å². The number of rotatable bonds is 3. The number of hydrogen-bond acceptors (Lipinski definition) is 4. The summed E-state index contributed by atoms with van der Waals surface area (Å²) in [7, 11) is 0. The summed E-state index contributed by atoms with van der Waals surface area (Å²) in [6, 6.07) is 0.499. The number of alkyl halides is 3.